The number of hydrogen-bond acceptors (Lipinski definition) is 6. The summed E-state index contributed by atoms with van der Waals surface area (Å²) < 4.78 is 52.6. The number of nitrogens with one attached hydrogen (secondary N) is 1. The van der Waals surface area contributed by atoms with Crippen molar-refractivity contribution in [2.75, 3.05) is 7.11 Å². The summed E-state index contributed by atoms with van der Waals surface area (Å²) in [4.78, 5) is 11.1. The van der Waals surface area contributed by atoms with Gasteiger partial charge >= 0.3 is 5.97 Å². The average molecular weight is 453 g/mol. The van der Waals surface area contributed by atoms with Gasteiger partial charge in [0.2, 0.25) is 10.0 Å². The van der Waals surface area contributed by atoms with E-state index in [2.05, 4.69) is 4.72 Å². The minimum absolute atomic E-state index is 0.166. The third-order valence-electron chi connectivity index (χ3n) is 5.27. The highest BCUT2D eigenvalue weighted by Crippen LogP contribution is 2.31. The fraction of sp³-hybridized carbons (Fsp3) is 0.381. The molecule has 1 saturated carbocycles. The Kier molecular flexibility index (Phi) is 7.01. The topological polar surface area (TPSA) is 122 Å². The van der Waals surface area contributed by atoms with E-state index in [9.17, 15) is 22.7 Å². The van der Waals surface area contributed by atoms with Crippen LogP contribution in [0.5, 0.6) is 17.2 Å². The van der Waals surface area contributed by atoms with Crippen LogP contribution in [-0.2, 0) is 16.6 Å². The summed E-state index contributed by atoms with van der Waals surface area (Å²) in [6, 6.07) is 8.70. The SMILES string of the molecule is COc1ccc(CNS(=O)(=O)C2CCC(Oc3cc(C(=O)O)c(O)cc3F)CC2)cc1. The zero-order valence-corrected chi connectivity index (χ0v) is 17.7. The Balaban J connectivity index is 1.56. The lowest BCUT2D eigenvalue weighted by Gasteiger charge is -2.29. The number of carbonyl (C=O) groups is 1. The van der Waals surface area contributed by atoms with Crippen LogP contribution in [0, 0.1) is 5.82 Å². The third kappa shape index (κ3) is 5.65. The fourth-order valence-electron chi connectivity index (χ4n) is 3.49. The summed E-state index contributed by atoms with van der Waals surface area (Å²) >= 11 is 0. The molecule has 3 N–H and O–H groups in total. The van der Waals surface area contributed by atoms with Gasteiger partial charge in [-0.2, -0.15) is 0 Å². The quantitative estimate of drug-likeness (QED) is 0.561. The molecule has 3 rings (SSSR count). The number of carboxylic acid groups (broad SMARTS) is 1. The monoisotopic (exact) mass is 453 g/mol. The van der Waals surface area contributed by atoms with Gasteiger partial charge in [-0.25, -0.2) is 22.3 Å². The Morgan fingerprint density at radius 1 is 1.16 bits per heavy atom. The predicted octanol–water partition coefficient (Wildman–Crippen LogP) is 3.05. The molecule has 0 bridgehead atoms. The summed E-state index contributed by atoms with van der Waals surface area (Å²) in [5.74, 6) is -2.56. The summed E-state index contributed by atoms with van der Waals surface area (Å²) in [6.07, 6.45) is 0.948. The van der Waals surface area contributed by atoms with Gasteiger partial charge in [-0.1, -0.05) is 12.1 Å². The number of rotatable bonds is 8. The predicted molar refractivity (Wildman–Crippen MR) is 110 cm³/mol. The molecular weight excluding hydrogens is 429 g/mol. The number of benzene rings is 2. The van der Waals surface area contributed by atoms with Crippen LogP contribution in [0.4, 0.5) is 4.39 Å². The van der Waals surface area contributed by atoms with E-state index in [1.807, 2.05) is 0 Å². The van der Waals surface area contributed by atoms with E-state index < -0.39 is 44.5 Å². The normalized spacial score (nSPS) is 19.0. The van der Waals surface area contributed by atoms with E-state index in [0.717, 1.165) is 11.6 Å². The largest absolute Gasteiger partial charge is 0.507 e. The van der Waals surface area contributed by atoms with Gasteiger partial charge in [-0.3, -0.25) is 0 Å². The van der Waals surface area contributed by atoms with E-state index in [1.54, 1.807) is 31.4 Å². The van der Waals surface area contributed by atoms with Crippen LogP contribution < -0.4 is 14.2 Å². The maximum Gasteiger partial charge on any atom is 0.339 e. The molecule has 0 amide bonds. The average Bonchev–Trinajstić information content (AvgIpc) is 2.74. The van der Waals surface area contributed by atoms with Gasteiger partial charge in [-0.05, 0) is 43.4 Å². The first kappa shape index (κ1) is 22.8. The molecule has 0 aliphatic heterocycles. The molecule has 8 nitrogen and oxygen atoms in total. The highest BCUT2D eigenvalue weighted by Gasteiger charge is 2.32. The summed E-state index contributed by atoms with van der Waals surface area (Å²) in [7, 11) is -1.99. The molecule has 1 aliphatic carbocycles. The first-order valence-corrected chi connectivity index (χ1v) is 11.3. The number of halogens is 1. The maximum absolute atomic E-state index is 14.0. The molecule has 0 heterocycles. The van der Waals surface area contributed by atoms with E-state index in [4.69, 9.17) is 14.6 Å². The second-order valence-electron chi connectivity index (χ2n) is 7.34. The molecule has 168 valence electrons. The van der Waals surface area contributed by atoms with Gasteiger partial charge in [0.1, 0.15) is 17.1 Å². The van der Waals surface area contributed by atoms with E-state index in [0.29, 0.717) is 37.5 Å². The van der Waals surface area contributed by atoms with Crippen molar-refractivity contribution in [3.63, 3.8) is 0 Å². The number of aromatic hydroxyl groups is 1. The molecule has 0 atom stereocenters. The highest BCUT2D eigenvalue weighted by atomic mass is 32.2. The molecule has 10 heteroatoms. The summed E-state index contributed by atoms with van der Waals surface area (Å²) in [5.41, 5.74) is 0.342. The van der Waals surface area contributed by atoms with Crippen molar-refractivity contribution in [2.24, 2.45) is 0 Å². The van der Waals surface area contributed by atoms with Gasteiger partial charge in [0.25, 0.3) is 0 Å². The van der Waals surface area contributed by atoms with Crippen LogP contribution in [0.2, 0.25) is 0 Å². The third-order valence-corrected chi connectivity index (χ3v) is 7.17. The summed E-state index contributed by atoms with van der Waals surface area (Å²) in [5, 5.41) is 18.0. The van der Waals surface area contributed by atoms with Gasteiger partial charge in [0, 0.05) is 18.7 Å². The van der Waals surface area contributed by atoms with Crippen molar-refractivity contribution in [2.45, 2.75) is 43.6 Å². The maximum atomic E-state index is 14.0. The Morgan fingerprint density at radius 2 is 1.81 bits per heavy atom. The fourth-order valence-corrected chi connectivity index (χ4v) is 4.99. The number of methoxy groups -OCH3 is 1. The Labute approximate surface area is 179 Å². The van der Waals surface area contributed by atoms with Crippen molar-refractivity contribution in [3.05, 3.63) is 53.3 Å². The molecule has 0 unspecified atom stereocenters. The van der Waals surface area contributed by atoms with E-state index >= 15 is 0 Å². The van der Waals surface area contributed by atoms with Crippen molar-refractivity contribution in [1.82, 2.24) is 4.72 Å². The molecule has 1 fully saturated rings. The molecule has 31 heavy (non-hydrogen) atoms. The standard InChI is InChI=1S/C21H24FNO7S/c1-29-14-4-2-13(3-5-14)12-23-31(27,28)16-8-6-15(7-9-16)30-20-10-17(21(25)26)19(24)11-18(20)22/h2-5,10-11,15-16,23-24H,6-9,12H2,1H3,(H,25,26). The Bertz CT molecular complexity index is 1030. The zero-order valence-electron chi connectivity index (χ0n) is 16.9. The number of ether oxygens (including phenoxy) is 2. The van der Waals surface area contributed by atoms with Crippen LogP contribution in [0.15, 0.2) is 36.4 Å². The number of carboxylic acids is 1. The lowest BCUT2D eigenvalue weighted by molar-refractivity contribution is 0.0692. The van der Waals surface area contributed by atoms with Crippen LogP contribution >= 0.6 is 0 Å². The first-order valence-electron chi connectivity index (χ1n) is 9.73. The van der Waals surface area contributed by atoms with Crippen LogP contribution in [0.25, 0.3) is 0 Å². The minimum atomic E-state index is -3.55. The lowest BCUT2D eigenvalue weighted by atomic mass is 9.97. The van der Waals surface area contributed by atoms with Crippen molar-refractivity contribution in [1.29, 1.82) is 0 Å². The zero-order chi connectivity index (χ0) is 22.6. The van der Waals surface area contributed by atoms with Crippen molar-refractivity contribution < 1.29 is 37.3 Å². The minimum Gasteiger partial charge on any atom is -0.507 e. The van der Waals surface area contributed by atoms with Crippen LogP contribution in [-0.4, -0.2) is 43.1 Å². The molecular formula is C21H24FNO7S. The van der Waals surface area contributed by atoms with E-state index in [1.165, 1.54) is 0 Å². The second-order valence-corrected chi connectivity index (χ2v) is 9.38. The lowest BCUT2D eigenvalue weighted by Crippen LogP contribution is -2.38. The van der Waals surface area contributed by atoms with Crippen LogP contribution in [0.3, 0.4) is 0 Å². The molecule has 2 aromatic carbocycles. The first-order chi connectivity index (χ1) is 14.7. The Morgan fingerprint density at radius 3 is 2.39 bits per heavy atom. The summed E-state index contributed by atoms with van der Waals surface area (Å²) in [6.45, 7) is 0.166. The van der Waals surface area contributed by atoms with Crippen LogP contribution in [0.1, 0.15) is 41.6 Å². The highest BCUT2D eigenvalue weighted by molar-refractivity contribution is 7.90. The second kappa shape index (κ2) is 9.52. The smallest absolute Gasteiger partial charge is 0.339 e. The molecule has 0 aromatic heterocycles. The molecule has 2 aromatic rings. The Hall–Kier alpha value is -2.85. The van der Waals surface area contributed by atoms with E-state index in [-0.39, 0.29) is 12.3 Å². The number of phenols is 1. The molecule has 1 aliphatic rings. The van der Waals surface area contributed by atoms with Gasteiger partial charge in [0.15, 0.2) is 11.6 Å². The molecule has 0 radical (unpaired) electrons. The van der Waals surface area contributed by atoms with Gasteiger partial charge in [0.05, 0.1) is 18.5 Å². The number of sulfonamides is 1. The molecule has 0 saturated heterocycles. The van der Waals surface area contributed by atoms with Crippen molar-refractivity contribution in [3.8, 4) is 17.2 Å². The number of hydrogen-bond donors (Lipinski definition) is 3. The molecule has 0 spiro atoms. The van der Waals surface area contributed by atoms with Gasteiger partial charge < -0.3 is 19.7 Å². The van der Waals surface area contributed by atoms with Crippen molar-refractivity contribution >= 4 is 16.0 Å². The van der Waals surface area contributed by atoms with Gasteiger partial charge in [-0.15, -0.1) is 0 Å². The number of aromatic carboxylic acids is 1.